The van der Waals surface area contributed by atoms with Gasteiger partial charge in [-0.15, -0.1) is 12.4 Å². The Morgan fingerprint density at radius 2 is 2.10 bits per heavy atom. The van der Waals surface area contributed by atoms with E-state index in [0.717, 1.165) is 25.9 Å². The topological polar surface area (TPSA) is 58.4 Å². The van der Waals surface area contributed by atoms with Gasteiger partial charge in [-0.05, 0) is 56.1 Å². The van der Waals surface area contributed by atoms with Gasteiger partial charge < -0.3 is 11.1 Å². The van der Waals surface area contributed by atoms with Crippen LogP contribution in [0.2, 0.25) is 0 Å². The summed E-state index contributed by atoms with van der Waals surface area (Å²) in [6, 6.07) is 5.79. The van der Waals surface area contributed by atoms with Crippen LogP contribution < -0.4 is 11.1 Å². The summed E-state index contributed by atoms with van der Waals surface area (Å²) in [7, 11) is 0. The number of halogens is 2. The molecule has 1 unspecified atom stereocenters. The maximum Gasteiger partial charge on any atom is 0.238 e. The number of hydrogen-bond donors (Lipinski definition) is 2. The van der Waals surface area contributed by atoms with Crippen molar-refractivity contribution >= 4 is 24.0 Å². The van der Waals surface area contributed by atoms with E-state index >= 15 is 0 Å². The van der Waals surface area contributed by atoms with E-state index in [2.05, 4.69) is 10.2 Å². The Hall–Kier alpha value is -1.17. The summed E-state index contributed by atoms with van der Waals surface area (Å²) in [6.07, 6.45) is 2.23. The summed E-state index contributed by atoms with van der Waals surface area (Å²) < 4.78 is 12.7. The molecular weight excluding hydrogens is 281 g/mol. The summed E-state index contributed by atoms with van der Waals surface area (Å²) in [5, 5.41) is 2.77. The Kier molecular flexibility index (Phi) is 6.91. The van der Waals surface area contributed by atoms with E-state index < -0.39 is 0 Å². The van der Waals surface area contributed by atoms with Crippen LogP contribution in [0.1, 0.15) is 12.8 Å². The van der Waals surface area contributed by atoms with Crippen LogP contribution in [0.25, 0.3) is 0 Å². The van der Waals surface area contributed by atoms with Crippen LogP contribution in [-0.2, 0) is 4.79 Å². The molecule has 1 atom stereocenters. The third kappa shape index (κ3) is 5.07. The Morgan fingerprint density at radius 3 is 2.75 bits per heavy atom. The van der Waals surface area contributed by atoms with Crippen molar-refractivity contribution in [1.29, 1.82) is 0 Å². The number of rotatable bonds is 4. The SMILES string of the molecule is Cl.NCC1CCCN(CC(=O)Nc2ccc(F)cc2)C1. The Balaban J connectivity index is 0.00000200. The van der Waals surface area contributed by atoms with Gasteiger partial charge in [0.2, 0.25) is 5.91 Å². The van der Waals surface area contributed by atoms with Crippen LogP contribution in [0.15, 0.2) is 24.3 Å². The fourth-order valence-corrected chi connectivity index (χ4v) is 2.42. The minimum atomic E-state index is -0.306. The van der Waals surface area contributed by atoms with Gasteiger partial charge in [0, 0.05) is 12.2 Å². The first-order valence-electron chi connectivity index (χ1n) is 6.65. The quantitative estimate of drug-likeness (QED) is 0.892. The van der Waals surface area contributed by atoms with E-state index in [1.165, 1.54) is 12.1 Å². The number of amides is 1. The number of piperidine rings is 1. The molecule has 1 aliphatic rings. The number of benzene rings is 1. The molecule has 1 heterocycles. The molecule has 1 saturated heterocycles. The molecule has 1 aromatic carbocycles. The minimum absolute atomic E-state index is 0. The number of likely N-dealkylation sites (tertiary alicyclic amines) is 1. The zero-order valence-electron chi connectivity index (χ0n) is 11.3. The lowest BCUT2D eigenvalue weighted by atomic mass is 9.98. The highest BCUT2D eigenvalue weighted by molar-refractivity contribution is 5.92. The molecule has 20 heavy (non-hydrogen) atoms. The number of nitrogens with one attached hydrogen (secondary N) is 1. The average molecular weight is 302 g/mol. The van der Waals surface area contributed by atoms with Crippen LogP contribution in [0.3, 0.4) is 0 Å². The standard InChI is InChI=1S/C14H20FN3O.ClH/c15-12-3-5-13(6-4-12)17-14(19)10-18-7-1-2-11(8-16)9-18;/h3-6,11H,1-2,7-10,16H2,(H,17,19);1H. The second-order valence-electron chi connectivity index (χ2n) is 5.03. The summed E-state index contributed by atoms with van der Waals surface area (Å²) >= 11 is 0. The van der Waals surface area contributed by atoms with Gasteiger partial charge in [0.05, 0.1) is 6.54 Å². The summed E-state index contributed by atoms with van der Waals surface area (Å²) in [6.45, 7) is 2.87. The van der Waals surface area contributed by atoms with E-state index in [-0.39, 0.29) is 24.1 Å². The molecule has 0 radical (unpaired) electrons. The zero-order chi connectivity index (χ0) is 13.7. The van der Waals surface area contributed by atoms with E-state index in [4.69, 9.17) is 5.73 Å². The largest absolute Gasteiger partial charge is 0.330 e. The predicted molar refractivity (Wildman–Crippen MR) is 80.5 cm³/mol. The minimum Gasteiger partial charge on any atom is -0.330 e. The maximum atomic E-state index is 12.7. The first-order valence-corrected chi connectivity index (χ1v) is 6.65. The monoisotopic (exact) mass is 301 g/mol. The van der Waals surface area contributed by atoms with Crippen molar-refractivity contribution in [2.75, 3.05) is 31.5 Å². The fourth-order valence-electron chi connectivity index (χ4n) is 2.42. The first kappa shape index (κ1) is 16.9. The normalized spacial score (nSPS) is 19.2. The number of nitrogens with two attached hydrogens (primary N) is 1. The highest BCUT2D eigenvalue weighted by Crippen LogP contribution is 2.15. The van der Waals surface area contributed by atoms with Crippen molar-refractivity contribution in [3.05, 3.63) is 30.1 Å². The molecule has 1 amide bonds. The zero-order valence-corrected chi connectivity index (χ0v) is 12.2. The lowest BCUT2D eigenvalue weighted by molar-refractivity contribution is -0.117. The number of carbonyl (C=O) groups excluding carboxylic acids is 1. The van der Waals surface area contributed by atoms with Crippen LogP contribution in [0.4, 0.5) is 10.1 Å². The molecule has 4 nitrogen and oxygen atoms in total. The Morgan fingerprint density at radius 1 is 1.40 bits per heavy atom. The van der Waals surface area contributed by atoms with Gasteiger partial charge in [0.15, 0.2) is 0 Å². The summed E-state index contributed by atoms with van der Waals surface area (Å²) in [5.41, 5.74) is 6.30. The number of nitrogens with zero attached hydrogens (tertiary/aromatic N) is 1. The smallest absolute Gasteiger partial charge is 0.238 e. The van der Waals surface area contributed by atoms with E-state index in [9.17, 15) is 9.18 Å². The third-order valence-electron chi connectivity index (χ3n) is 3.43. The van der Waals surface area contributed by atoms with Crippen molar-refractivity contribution in [2.24, 2.45) is 11.7 Å². The van der Waals surface area contributed by atoms with Gasteiger partial charge in [0.1, 0.15) is 5.82 Å². The summed E-state index contributed by atoms with van der Waals surface area (Å²) in [5.74, 6) is 0.122. The second kappa shape index (κ2) is 8.19. The molecule has 0 bridgehead atoms. The van der Waals surface area contributed by atoms with Crippen molar-refractivity contribution < 1.29 is 9.18 Å². The average Bonchev–Trinajstić information content (AvgIpc) is 2.41. The van der Waals surface area contributed by atoms with Crippen LogP contribution in [0.5, 0.6) is 0 Å². The molecule has 112 valence electrons. The van der Waals surface area contributed by atoms with Crippen LogP contribution in [-0.4, -0.2) is 37.0 Å². The van der Waals surface area contributed by atoms with Gasteiger partial charge in [-0.3, -0.25) is 9.69 Å². The molecule has 1 aromatic rings. The lowest BCUT2D eigenvalue weighted by Crippen LogP contribution is -2.42. The molecule has 3 N–H and O–H groups in total. The molecule has 0 saturated carbocycles. The van der Waals surface area contributed by atoms with Gasteiger partial charge in [-0.1, -0.05) is 0 Å². The number of anilines is 1. The van der Waals surface area contributed by atoms with Crippen molar-refractivity contribution in [3.63, 3.8) is 0 Å². The van der Waals surface area contributed by atoms with Gasteiger partial charge in [-0.25, -0.2) is 4.39 Å². The fraction of sp³-hybridized carbons (Fsp3) is 0.500. The van der Waals surface area contributed by atoms with Crippen LogP contribution >= 0.6 is 12.4 Å². The van der Waals surface area contributed by atoms with Crippen molar-refractivity contribution in [2.45, 2.75) is 12.8 Å². The molecular formula is C14H21ClFN3O. The molecule has 2 rings (SSSR count). The molecule has 6 heteroatoms. The van der Waals surface area contributed by atoms with Gasteiger partial charge >= 0.3 is 0 Å². The molecule has 0 aromatic heterocycles. The van der Waals surface area contributed by atoms with Gasteiger partial charge in [0.25, 0.3) is 0 Å². The lowest BCUT2D eigenvalue weighted by Gasteiger charge is -2.31. The first-order chi connectivity index (χ1) is 9.17. The third-order valence-corrected chi connectivity index (χ3v) is 3.43. The van der Waals surface area contributed by atoms with E-state index in [0.29, 0.717) is 24.7 Å². The predicted octanol–water partition coefficient (Wildman–Crippen LogP) is 1.86. The van der Waals surface area contributed by atoms with Crippen LogP contribution in [0, 0.1) is 11.7 Å². The maximum absolute atomic E-state index is 12.7. The number of carbonyl (C=O) groups is 1. The Labute approximate surface area is 124 Å². The summed E-state index contributed by atoms with van der Waals surface area (Å²) in [4.78, 5) is 14.0. The van der Waals surface area contributed by atoms with E-state index in [1.54, 1.807) is 12.1 Å². The molecule has 0 spiro atoms. The van der Waals surface area contributed by atoms with E-state index in [1.807, 2.05) is 0 Å². The highest BCUT2D eigenvalue weighted by Gasteiger charge is 2.20. The molecule has 1 fully saturated rings. The Bertz CT molecular complexity index is 427. The molecule has 1 aliphatic heterocycles. The van der Waals surface area contributed by atoms with Crippen molar-refractivity contribution in [1.82, 2.24) is 4.90 Å². The molecule has 0 aliphatic carbocycles. The number of hydrogen-bond acceptors (Lipinski definition) is 3. The second-order valence-corrected chi connectivity index (χ2v) is 5.03. The van der Waals surface area contributed by atoms with Crippen molar-refractivity contribution in [3.8, 4) is 0 Å². The van der Waals surface area contributed by atoms with Gasteiger partial charge in [-0.2, -0.15) is 0 Å². The highest BCUT2D eigenvalue weighted by atomic mass is 35.5.